The fraction of sp³-hybridized carbons (Fsp3) is 0.391. The van der Waals surface area contributed by atoms with E-state index in [1.807, 2.05) is 60.7 Å². The van der Waals surface area contributed by atoms with Gasteiger partial charge in [0.05, 0.1) is 0 Å². The highest BCUT2D eigenvalue weighted by Gasteiger charge is 2.53. The Balaban J connectivity index is 0.000000172. The van der Waals surface area contributed by atoms with Crippen LogP contribution < -0.4 is 10.6 Å². The molecule has 4 aliphatic rings. The van der Waals surface area contributed by atoms with Gasteiger partial charge >= 0.3 is 0 Å². The zero-order valence-corrected chi connectivity index (χ0v) is 32.3. The zero-order valence-electron chi connectivity index (χ0n) is 32.3. The third-order valence-electron chi connectivity index (χ3n) is 11.3. The number of benzene rings is 4. The van der Waals surface area contributed by atoms with Gasteiger partial charge in [0.25, 0.3) is 0 Å². The predicted octanol–water partition coefficient (Wildman–Crippen LogP) is 8.00. The second-order valence-electron chi connectivity index (χ2n) is 16.4. The largest absolute Gasteiger partial charge is 0.330 e. The minimum absolute atomic E-state index is 0.00665. The highest BCUT2D eigenvalue weighted by molar-refractivity contribution is 5.94. The van der Waals surface area contributed by atoms with Crippen LogP contribution in [0.5, 0.6) is 0 Å². The van der Waals surface area contributed by atoms with E-state index in [9.17, 15) is 28.0 Å². The van der Waals surface area contributed by atoms with Gasteiger partial charge < -0.3 is 20.4 Å². The van der Waals surface area contributed by atoms with Crippen LogP contribution in [-0.2, 0) is 19.2 Å². The summed E-state index contributed by atoms with van der Waals surface area (Å²) in [5, 5.41) is 6.04. The lowest BCUT2D eigenvalue weighted by Gasteiger charge is -2.29. The molecule has 8 atom stereocenters. The SMILES string of the molecule is CC(C)C[C@H]1C(=O)N[C@@H](c2ccccc2)N1C(=O)[C@H]1C[C@@H]1c1ccc(F)cc1.CC(C)C[C@H]1C(=O)N[C@H](c2ccccc2)N1C(=O)[C@H]1C[C@@H]1c1ccc(F)cc1. The van der Waals surface area contributed by atoms with Crippen molar-refractivity contribution < 1.29 is 28.0 Å². The molecule has 2 saturated heterocycles. The first-order chi connectivity index (χ1) is 26.9. The maximum atomic E-state index is 13.4. The molecule has 2 saturated carbocycles. The summed E-state index contributed by atoms with van der Waals surface area (Å²) in [6, 6.07) is 31.1. The third-order valence-corrected chi connectivity index (χ3v) is 11.3. The van der Waals surface area contributed by atoms with Crippen LogP contribution >= 0.6 is 0 Å². The maximum absolute atomic E-state index is 13.4. The van der Waals surface area contributed by atoms with E-state index in [0.29, 0.717) is 24.7 Å². The lowest BCUT2D eigenvalue weighted by Crippen LogP contribution is -2.41. The van der Waals surface area contributed by atoms with E-state index in [0.717, 1.165) is 35.1 Å². The fourth-order valence-electron chi connectivity index (χ4n) is 8.34. The molecule has 4 fully saturated rings. The molecule has 0 radical (unpaired) electrons. The zero-order chi connectivity index (χ0) is 39.7. The Hall–Kier alpha value is -5.38. The number of carbonyl (C=O) groups is 4. The lowest BCUT2D eigenvalue weighted by molar-refractivity contribution is -0.138. The van der Waals surface area contributed by atoms with E-state index >= 15 is 0 Å². The Kier molecular flexibility index (Phi) is 11.4. The number of carbonyl (C=O) groups excluding carboxylic acids is 4. The molecule has 0 bridgehead atoms. The lowest BCUT2D eigenvalue weighted by atomic mass is 10.0. The Labute approximate surface area is 327 Å². The fourth-order valence-corrected chi connectivity index (χ4v) is 8.34. The van der Waals surface area contributed by atoms with Crippen LogP contribution in [0.3, 0.4) is 0 Å². The van der Waals surface area contributed by atoms with Crippen molar-refractivity contribution in [3.8, 4) is 0 Å². The van der Waals surface area contributed by atoms with E-state index in [1.54, 1.807) is 34.1 Å². The molecule has 4 amide bonds. The monoisotopic (exact) mass is 760 g/mol. The molecular formula is C46H50F2N4O4. The maximum Gasteiger partial charge on any atom is 0.244 e. The van der Waals surface area contributed by atoms with Crippen molar-refractivity contribution in [3.63, 3.8) is 0 Å². The van der Waals surface area contributed by atoms with Crippen molar-refractivity contribution in [3.05, 3.63) is 143 Å². The smallest absolute Gasteiger partial charge is 0.244 e. The van der Waals surface area contributed by atoms with Gasteiger partial charge in [-0.1, -0.05) is 113 Å². The number of amides is 4. The van der Waals surface area contributed by atoms with Crippen LogP contribution in [-0.4, -0.2) is 45.5 Å². The Bertz CT molecular complexity index is 1880. The van der Waals surface area contributed by atoms with Crippen LogP contribution in [0, 0.1) is 35.3 Å². The van der Waals surface area contributed by atoms with Crippen molar-refractivity contribution in [1.29, 1.82) is 0 Å². The molecule has 0 spiro atoms. The van der Waals surface area contributed by atoms with E-state index in [-0.39, 0.29) is 58.9 Å². The molecule has 0 aromatic heterocycles. The first-order valence-corrected chi connectivity index (χ1v) is 19.8. The molecule has 10 heteroatoms. The Morgan fingerprint density at radius 2 is 0.893 bits per heavy atom. The summed E-state index contributed by atoms with van der Waals surface area (Å²) in [6.07, 6.45) is 1.89. The topological polar surface area (TPSA) is 98.8 Å². The predicted molar refractivity (Wildman–Crippen MR) is 209 cm³/mol. The Morgan fingerprint density at radius 1 is 0.554 bits per heavy atom. The molecule has 8 nitrogen and oxygen atoms in total. The number of nitrogens with one attached hydrogen (secondary N) is 2. The standard InChI is InChI=1S/2C23H25FN2O2/c2*1-14(2)12-20-22(27)25-21(16-6-4-3-5-7-16)26(20)23(28)19-13-18(19)15-8-10-17(24)11-9-15/h2*3-11,14,18-21H,12-13H2,1-2H3,(H,25,27)/t18-,19+,20+,21+;18-,19+,20+,21-/m11/s1. The van der Waals surface area contributed by atoms with Gasteiger partial charge in [0.1, 0.15) is 36.0 Å². The molecule has 56 heavy (non-hydrogen) atoms. The Morgan fingerprint density at radius 3 is 1.21 bits per heavy atom. The summed E-state index contributed by atoms with van der Waals surface area (Å²) in [5.74, 6) is -0.229. The average Bonchev–Trinajstić information content (AvgIpc) is 4.11. The summed E-state index contributed by atoms with van der Waals surface area (Å²) in [5.41, 5.74) is 3.79. The molecule has 2 aliphatic carbocycles. The highest BCUT2D eigenvalue weighted by Crippen LogP contribution is 2.51. The minimum atomic E-state index is -0.452. The van der Waals surface area contributed by atoms with Gasteiger partial charge in [-0.3, -0.25) is 19.2 Å². The normalized spacial score (nSPS) is 26.4. The van der Waals surface area contributed by atoms with Crippen molar-refractivity contribution in [2.75, 3.05) is 0 Å². The van der Waals surface area contributed by atoms with Crippen molar-refractivity contribution in [2.24, 2.45) is 23.7 Å². The first-order valence-electron chi connectivity index (χ1n) is 19.8. The van der Waals surface area contributed by atoms with Crippen LogP contribution in [0.2, 0.25) is 0 Å². The van der Waals surface area contributed by atoms with E-state index < -0.39 is 24.4 Å². The van der Waals surface area contributed by atoms with Gasteiger partial charge in [0, 0.05) is 11.8 Å². The quantitative estimate of drug-likeness (QED) is 0.171. The number of nitrogens with zero attached hydrogens (tertiary/aromatic N) is 2. The summed E-state index contributed by atoms with van der Waals surface area (Å²) in [4.78, 5) is 55.8. The molecule has 2 heterocycles. The molecule has 4 aromatic carbocycles. The minimum Gasteiger partial charge on any atom is -0.330 e. The summed E-state index contributed by atoms with van der Waals surface area (Å²) >= 11 is 0. The van der Waals surface area contributed by atoms with Gasteiger partial charge in [-0.2, -0.15) is 0 Å². The number of rotatable bonds is 10. The van der Waals surface area contributed by atoms with Gasteiger partial charge in [0.15, 0.2) is 0 Å². The first kappa shape index (κ1) is 38.9. The van der Waals surface area contributed by atoms with Crippen LogP contribution in [0.4, 0.5) is 8.78 Å². The highest BCUT2D eigenvalue weighted by atomic mass is 19.1. The average molecular weight is 761 g/mol. The van der Waals surface area contributed by atoms with Crippen LogP contribution in [0.1, 0.15) is 99.8 Å². The molecule has 0 unspecified atom stereocenters. The van der Waals surface area contributed by atoms with Crippen molar-refractivity contribution >= 4 is 23.6 Å². The van der Waals surface area contributed by atoms with Gasteiger partial charge in [-0.15, -0.1) is 0 Å². The van der Waals surface area contributed by atoms with Crippen LogP contribution in [0.25, 0.3) is 0 Å². The third kappa shape index (κ3) is 8.39. The number of hydrogen-bond donors (Lipinski definition) is 2. The number of hydrogen-bond acceptors (Lipinski definition) is 4. The molecule has 2 aliphatic heterocycles. The summed E-state index contributed by atoms with van der Waals surface area (Å²) in [6.45, 7) is 8.24. The van der Waals surface area contributed by atoms with E-state index in [2.05, 4.69) is 38.3 Å². The van der Waals surface area contributed by atoms with Gasteiger partial charge in [-0.25, -0.2) is 8.78 Å². The second kappa shape index (κ2) is 16.4. The van der Waals surface area contributed by atoms with Gasteiger partial charge in [-0.05, 0) is 95.9 Å². The molecule has 292 valence electrons. The van der Waals surface area contributed by atoms with Crippen LogP contribution in [0.15, 0.2) is 109 Å². The molecule has 4 aromatic rings. The van der Waals surface area contributed by atoms with E-state index in [4.69, 9.17) is 0 Å². The van der Waals surface area contributed by atoms with E-state index in [1.165, 1.54) is 24.3 Å². The molecule has 8 rings (SSSR count). The van der Waals surface area contributed by atoms with Gasteiger partial charge in [0.2, 0.25) is 23.6 Å². The summed E-state index contributed by atoms with van der Waals surface area (Å²) in [7, 11) is 0. The molecule has 2 N–H and O–H groups in total. The number of halogens is 2. The van der Waals surface area contributed by atoms with Crippen molar-refractivity contribution in [2.45, 2.75) is 89.6 Å². The molecular weight excluding hydrogens is 711 g/mol. The second-order valence-corrected chi connectivity index (χ2v) is 16.4. The summed E-state index contributed by atoms with van der Waals surface area (Å²) < 4.78 is 26.4. The van der Waals surface area contributed by atoms with Crippen molar-refractivity contribution in [1.82, 2.24) is 20.4 Å².